The summed E-state index contributed by atoms with van der Waals surface area (Å²) in [5, 5.41) is 27.1. The van der Waals surface area contributed by atoms with E-state index in [4.69, 9.17) is 18.9 Å². The van der Waals surface area contributed by atoms with Gasteiger partial charge in [-0.05, 0) is 51.4 Å². The maximum absolute atomic E-state index is 14.2. The molecule has 1 heterocycles. The summed E-state index contributed by atoms with van der Waals surface area (Å²) in [6.07, 6.45) is -2.91. The summed E-state index contributed by atoms with van der Waals surface area (Å²) in [5.41, 5.74) is -3.71. The van der Waals surface area contributed by atoms with E-state index in [0.29, 0.717) is 25.3 Å². The predicted octanol–water partition coefficient (Wildman–Crippen LogP) is 5.08. The highest BCUT2D eigenvalue weighted by Gasteiger charge is 2.48. The maximum Gasteiger partial charge on any atom is 0.431 e. The van der Waals surface area contributed by atoms with Crippen molar-refractivity contribution in [3.8, 4) is 11.5 Å². The Balaban J connectivity index is 1.70. The second kappa shape index (κ2) is 18.1. The number of alkyl halides is 3. The summed E-state index contributed by atoms with van der Waals surface area (Å²) in [4.78, 5) is 37.0. The number of allylic oxidation sites excluding steroid dienone is 2. The van der Waals surface area contributed by atoms with Crippen LogP contribution < -0.4 is 20.1 Å². The van der Waals surface area contributed by atoms with Gasteiger partial charge < -0.3 is 34.7 Å². The first-order valence-corrected chi connectivity index (χ1v) is 15.4. The highest BCUT2D eigenvalue weighted by atomic mass is 19.4. The van der Waals surface area contributed by atoms with Crippen LogP contribution in [0.15, 0.2) is 71.1 Å². The molecule has 262 valence electrons. The van der Waals surface area contributed by atoms with Gasteiger partial charge in [-0.15, -0.1) is 0 Å². The number of non-ortho nitro benzene ring substituents is 1. The first-order chi connectivity index (χ1) is 22.9. The standard InChI is InChI=1S/C33H40F3N3O9/c1-4-46-32(42)27-21(2)38-30(33(34,35)36)29(31(41)45-3)28(27)25-18-22(39(43)44)14-15-26(25)47-17-11-6-5-10-16-37-19-23(40)20-48-24-12-8-7-9-13-24/h7-9,12-15,18,23,28,37-38,40H,4-6,10-11,16-17,19-20H2,1-3H3. The zero-order chi connectivity index (χ0) is 35.3. The summed E-state index contributed by atoms with van der Waals surface area (Å²) >= 11 is 0. The van der Waals surface area contributed by atoms with Crippen LogP contribution in [0.3, 0.4) is 0 Å². The fourth-order valence-corrected chi connectivity index (χ4v) is 5.10. The van der Waals surface area contributed by atoms with E-state index >= 15 is 0 Å². The fourth-order valence-electron chi connectivity index (χ4n) is 5.10. The van der Waals surface area contributed by atoms with Crippen LogP contribution in [0.1, 0.15) is 51.0 Å². The number of unbranched alkanes of at least 4 members (excludes halogenated alkanes) is 3. The number of nitro groups is 1. The van der Waals surface area contributed by atoms with E-state index in [1.54, 1.807) is 12.1 Å². The number of aliphatic hydroxyl groups excluding tert-OH is 1. The molecule has 0 aromatic heterocycles. The quantitative estimate of drug-likeness (QED) is 0.0836. The number of nitrogens with zero attached hydrogens (tertiary/aromatic N) is 1. The summed E-state index contributed by atoms with van der Waals surface area (Å²) in [7, 11) is 0.887. The number of benzene rings is 2. The van der Waals surface area contributed by atoms with E-state index in [1.807, 2.05) is 18.2 Å². The van der Waals surface area contributed by atoms with Gasteiger partial charge in [-0.2, -0.15) is 13.2 Å². The summed E-state index contributed by atoms with van der Waals surface area (Å²) in [6.45, 7) is 3.85. The highest BCUT2D eigenvalue weighted by Crippen LogP contribution is 2.46. The topological polar surface area (TPSA) is 158 Å². The van der Waals surface area contributed by atoms with Gasteiger partial charge in [-0.25, -0.2) is 9.59 Å². The van der Waals surface area contributed by atoms with Crippen molar-refractivity contribution in [2.45, 2.75) is 57.7 Å². The molecule has 3 rings (SSSR count). The van der Waals surface area contributed by atoms with E-state index < -0.39 is 52.0 Å². The van der Waals surface area contributed by atoms with E-state index in [2.05, 4.69) is 10.6 Å². The minimum absolute atomic E-state index is 0.0431. The van der Waals surface area contributed by atoms with Crippen LogP contribution in [0.25, 0.3) is 0 Å². The third-order valence-electron chi connectivity index (χ3n) is 7.33. The molecule has 12 nitrogen and oxygen atoms in total. The molecular weight excluding hydrogens is 639 g/mol. The lowest BCUT2D eigenvalue weighted by Gasteiger charge is -2.32. The minimum atomic E-state index is -5.08. The molecule has 0 radical (unpaired) electrons. The van der Waals surface area contributed by atoms with Crippen molar-refractivity contribution in [2.75, 3.05) is 40.0 Å². The second-order valence-corrected chi connectivity index (χ2v) is 10.8. The molecule has 0 spiro atoms. The van der Waals surface area contributed by atoms with Gasteiger partial charge in [0.05, 0.1) is 42.3 Å². The number of carbonyl (C=O) groups is 2. The molecule has 2 atom stereocenters. The van der Waals surface area contributed by atoms with E-state index in [9.17, 15) is 38.0 Å². The lowest BCUT2D eigenvalue weighted by molar-refractivity contribution is -0.384. The van der Waals surface area contributed by atoms with Crippen LogP contribution in [0.2, 0.25) is 0 Å². The molecule has 0 amide bonds. The van der Waals surface area contributed by atoms with Crippen LogP contribution in [0.4, 0.5) is 18.9 Å². The predicted molar refractivity (Wildman–Crippen MR) is 168 cm³/mol. The largest absolute Gasteiger partial charge is 0.493 e. The van der Waals surface area contributed by atoms with Gasteiger partial charge in [0.2, 0.25) is 0 Å². The fraction of sp³-hybridized carbons (Fsp3) is 0.455. The van der Waals surface area contributed by atoms with Gasteiger partial charge in [0.1, 0.15) is 29.9 Å². The molecule has 1 aliphatic heterocycles. The van der Waals surface area contributed by atoms with Crippen molar-refractivity contribution < 1.29 is 51.7 Å². The molecule has 0 saturated heterocycles. The van der Waals surface area contributed by atoms with E-state index in [1.165, 1.54) is 19.9 Å². The Labute approximate surface area is 276 Å². The summed E-state index contributed by atoms with van der Waals surface area (Å²) in [5.74, 6) is -3.54. The number of esters is 2. The van der Waals surface area contributed by atoms with Crippen molar-refractivity contribution in [1.29, 1.82) is 0 Å². The third-order valence-corrected chi connectivity index (χ3v) is 7.33. The zero-order valence-electron chi connectivity index (χ0n) is 26.9. The number of nitrogens with one attached hydrogen (secondary N) is 2. The van der Waals surface area contributed by atoms with Gasteiger partial charge in [0.15, 0.2) is 0 Å². The van der Waals surface area contributed by atoms with Gasteiger partial charge in [0, 0.05) is 29.9 Å². The molecule has 3 N–H and O–H groups in total. The van der Waals surface area contributed by atoms with Gasteiger partial charge in [0.25, 0.3) is 5.69 Å². The van der Waals surface area contributed by atoms with Crippen molar-refractivity contribution >= 4 is 17.6 Å². The molecule has 1 aliphatic rings. The average Bonchev–Trinajstić information content (AvgIpc) is 3.05. The van der Waals surface area contributed by atoms with Gasteiger partial charge >= 0.3 is 18.1 Å². The number of nitro benzene ring substituents is 1. The van der Waals surface area contributed by atoms with Gasteiger partial charge in [-0.1, -0.05) is 31.0 Å². The molecule has 0 saturated carbocycles. The summed E-state index contributed by atoms with van der Waals surface area (Å²) in [6, 6.07) is 12.5. The van der Waals surface area contributed by atoms with Crippen LogP contribution >= 0.6 is 0 Å². The van der Waals surface area contributed by atoms with E-state index in [-0.39, 0.29) is 42.4 Å². The second-order valence-electron chi connectivity index (χ2n) is 10.8. The number of aliphatic hydroxyl groups is 1. The molecule has 0 aliphatic carbocycles. The number of dihydropyridines is 1. The first-order valence-electron chi connectivity index (χ1n) is 15.4. The van der Waals surface area contributed by atoms with Crippen molar-refractivity contribution in [3.05, 3.63) is 86.7 Å². The Morgan fingerprint density at radius 3 is 2.40 bits per heavy atom. The Morgan fingerprint density at radius 1 is 1.04 bits per heavy atom. The Bertz CT molecular complexity index is 1480. The molecule has 2 unspecified atom stereocenters. The molecule has 48 heavy (non-hydrogen) atoms. The van der Waals surface area contributed by atoms with E-state index in [0.717, 1.165) is 38.5 Å². The van der Waals surface area contributed by atoms with Crippen LogP contribution in [0.5, 0.6) is 11.5 Å². The first kappa shape index (κ1) is 37.8. The smallest absolute Gasteiger partial charge is 0.431 e. The van der Waals surface area contributed by atoms with Crippen molar-refractivity contribution in [3.63, 3.8) is 0 Å². The molecule has 15 heteroatoms. The monoisotopic (exact) mass is 679 g/mol. The average molecular weight is 680 g/mol. The Kier molecular flexibility index (Phi) is 14.2. The lowest BCUT2D eigenvalue weighted by Crippen LogP contribution is -2.38. The molecule has 2 aromatic carbocycles. The molecule has 2 aromatic rings. The minimum Gasteiger partial charge on any atom is -0.493 e. The van der Waals surface area contributed by atoms with Gasteiger partial charge in [-0.3, -0.25) is 10.1 Å². The maximum atomic E-state index is 14.2. The van der Waals surface area contributed by atoms with Crippen LogP contribution in [0, 0.1) is 10.1 Å². The number of hydrogen-bond acceptors (Lipinski definition) is 11. The number of para-hydroxylation sites is 1. The SMILES string of the molecule is CCOC(=O)C1=C(C)NC(C(F)(F)F)=C(C(=O)OC)C1c1cc([N+](=O)[O-])ccc1OCCCCCCNCC(O)COc1ccccc1. The number of halogens is 3. The van der Waals surface area contributed by atoms with Crippen molar-refractivity contribution in [1.82, 2.24) is 10.6 Å². The zero-order valence-corrected chi connectivity index (χ0v) is 26.9. The van der Waals surface area contributed by atoms with Crippen LogP contribution in [-0.4, -0.2) is 74.3 Å². The third kappa shape index (κ3) is 10.4. The molecule has 0 fully saturated rings. The molecule has 0 bridgehead atoms. The lowest BCUT2D eigenvalue weighted by atomic mass is 9.79. The normalized spacial score (nSPS) is 15.4. The number of carbonyl (C=O) groups excluding carboxylic acids is 2. The molecular formula is C33H40F3N3O9. The van der Waals surface area contributed by atoms with Crippen molar-refractivity contribution in [2.24, 2.45) is 0 Å². The Hall–Kier alpha value is -4.63. The number of hydrogen-bond donors (Lipinski definition) is 3. The number of ether oxygens (including phenoxy) is 4. The number of rotatable bonds is 18. The van der Waals surface area contributed by atoms with Crippen LogP contribution in [-0.2, 0) is 19.1 Å². The Morgan fingerprint density at radius 2 is 1.75 bits per heavy atom. The highest BCUT2D eigenvalue weighted by molar-refractivity contribution is 6.00. The summed E-state index contributed by atoms with van der Waals surface area (Å²) < 4.78 is 64.0. The number of methoxy groups -OCH3 is 1.